The molecule has 1 amide bonds. The lowest BCUT2D eigenvalue weighted by Gasteiger charge is -2.11. The number of nitrogens with zero attached hydrogens (tertiary/aromatic N) is 1. The molecule has 140 valence electrons. The first-order valence-electron chi connectivity index (χ1n) is 9.21. The van der Waals surface area contributed by atoms with Crippen molar-refractivity contribution in [3.63, 3.8) is 0 Å². The monoisotopic (exact) mass is 354 g/mol. The highest BCUT2D eigenvalue weighted by Gasteiger charge is 2.03. The largest absolute Gasteiger partial charge is 0.492 e. The van der Waals surface area contributed by atoms with Crippen LogP contribution in [0.15, 0.2) is 48.5 Å². The molecule has 0 bridgehead atoms. The number of carbonyl (C=O) groups is 1. The summed E-state index contributed by atoms with van der Waals surface area (Å²) in [5.41, 5.74) is 3.63. The van der Waals surface area contributed by atoms with Gasteiger partial charge >= 0.3 is 0 Å². The molecule has 0 fully saturated rings. The second kappa shape index (κ2) is 10.6. The summed E-state index contributed by atoms with van der Waals surface area (Å²) in [5, 5.41) is 2.99. The summed E-state index contributed by atoms with van der Waals surface area (Å²) in [5.74, 6) is 0.962. The van der Waals surface area contributed by atoms with Gasteiger partial charge < -0.3 is 15.0 Å². The highest BCUT2D eigenvalue weighted by molar-refractivity contribution is 5.75. The quantitative estimate of drug-likeness (QED) is 0.709. The van der Waals surface area contributed by atoms with Gasteiger partial charge in [0.25, 0.3) is 0 Å². The van der Waals surface area contributed by atoms with Gasteiger partial charge in [-0.05, 0) is 57.1 Å². The average molecular weight is 354 g/mol. The number of ether oxygens (including phenoxy) is 1. The summed E-state index contributed by atoms with van der Waals surface area (Å²) >= 11 is 0. The number of aryl methyl sites for hydroxylation is 2. The van der Waals surface area contributed by atoms with E-state index in [1.807, 2.05) is 38.4 Å². The maximum atomic E-state index is 12.0. The van der Waals surface area contributed by atoms with E-state index in [0.29, 0.717) is 19.6 Å². The predicted octanol–water partition coefficient (Wildman–Crippen LogP) is 3.57. The standard InChI is InChI=1S/C22H30N2O2/c1-18-7-9-19(10-8-18)5-4-6-22(25)23-17-20-11-13-21(14-12-20)26-16-15-24(2)3/h7-14H,4-6,15-17H2,1-3H3,(H,23,25). The molecule has 4 heteroatoms. The van der Waals surface area contributed by atoms with E-state index in [0.717, 1.165) is 30.7 Å². The topological polar surface area (TPSA) is 41.6 Å². The first-order chi connectivity index (χ1) is 12.5. The molecule has 0 saturated carbocycles. The van der Waals surface area contributed by atoms with Gasteiger partial charge in [0.15, 0.2) is 0 Å². The van der Waals surface area contributed by atoms with E-state index < -0.39 is 0 Å². The normalized spacial score (nSPS) is 10.8. The lowest BCUT2D eigenvalue weighted by molar-refractivity contribution is -0.121. The van der Waals surface area contributed by atoms with Gasteiger partial charge in [-0.15, -0.1) is 0 Å². The fourth-order valence-corrected chi connectivity index (χ4v) is 2.55. The molecule has 2 rings (SSSR count). The molecule has 0 aliphatic rings. The Morgan fingerprint density at radius 2 is 1.65 bits per heavy atom. The molecule has 0 unspecified atom stereocenters. The molecule has 0 aliphatic heterocycles. The van der Waals surface area contributed by atoms with Crippen molar-refractivity contribution in [3.05, 3.63) is 65.2 Å². The molecule has 2 aromatic rings. The van der Waals surface area contributed by atoms with E-state index in [4.69, 9.17) is 4.74 Å². The van der Waals surface area contributed by atoms with Gasteiger partial charge in [-0.2, -0.15) is 0 Å². The van der Waals surface area contributed by atoms with Gasteiger partial charge in [0.05, 0.1) is 0 Å². The van der Waals surface area contributed by atoms with Crippen molar-refractivity contribution in [2.75, 3.05) is 27.2 Å². The molecule has 0 atom stereocenters. The number of benzene rings is 2. The molecular formula is C22H30N2O2. The van der Waals surface area contributed by atoms with Crippen LogP contribution in [0.1, 0.15) is 29.5 Å². The van der Waals surface area contributed by atoms with Crippen molar-refractivity contribution >= 4 is 5.91 Å². The average Bonchev–Trinajstić information content (AvgIpc) is 2.62. The Morgan fingerprint density at radius 3 is 2.31 bits per heavy atom. The molecule has 1 N–H and O–H groups in total. The fourth-order valence-electron chi connectivity index (χ4n) is 2.55. The van der Waals surface area contributed by atoms with Gasteiger partial charge in [0, 0.05) is 19.5 Å². The summed E-state index contributed by atoms with van der Waals surface area (Å²) < 4.78 is 5.67. The third kappa shape index (κ3) is 7.70. The van der Waals surface area contributed by atoms with E-state index in [2.05, 4.69) is 41.4 Å². The molecule has 0 spiro atoms. The van der Waals surface area contributed by atoms with Crippen LogP contribution >= 0.6 is 0 Å². The molecule has 0 radical (unpaired) electrons. The maximum absolute atomic E-state index is 12.0. The Kier molecular flexibility index (Phi) is 8.16. The van der Waals surface area contributed by atoms with Crippen molar-refractivity contribution < 1.29 is 9.53 Å². The SMILES string of the molecule is Cc1ccc(CCCC(=O)NCc2ccc(OCCN(C)C)cc2)cc1. The van der Waals surface area contributed by atoms with Gasteiger partial charge in [-0.3, -0.25) is 4.79 Å². The molecule has 26 heavy (non-hydrogen) atoms. The first kappa shape index (κ1) is 20.0. The maximum Gasteiger partial charge on any atom is 0.220 e. The smallest absolute Gasteiger partial charge is 0.220 e. The van der Waals surface area contributed by atoms with Gasteiger partial charge in [-0.1, -0.05) is 42.0 Å². The number of carbonyl (C=O) groups excluding carboxylic acids is 1. The minimum absolute atomic E-state index is 0.100. The lowest BCUT2D eigenvalue weighted by atomic mass is 10.1. The zero-order chi connectivity index (χ0) is 18.8. The Morgan fingerprint density at radius 1 is 1.00 bits per heavy atom. The molecule has 0 aliphatic carbocycles. The van der Waals surface area contributed by atoms with Crippen LogP contribution in [0.3, 0.4) is 0 Å². The van der Waals surface area contributed by atoms with E-state index in [-0.39, 0.29) is 5.91 Å². The zero-order valence-corrected chi connectivity index (χ0v) is 16.1. The van der Waals surface area contributed by atoms with Crippen molar-refractivity contribution in [1.29, 1.82) is 0 Å². The number of amides is 1. The highest BCUT2D eigenvalue weighted by atomic mass is 16.5. The van der Waals surface area contributed by atoms with Crippen molar-refractivity contribution in [1.82, 2.24) is 10.2 Å². The Hall–Kier alpha value is -2.33. The molecule has 2 aromatic carbocycles. The van der Waals surface area contributed by atoms with E-state index >= 15 is 0 Å². The van der Waals surface area contributed by atoms with E-state index in [1.165, 1.54) is 11.1 Å². The van der Waals surface area contributed by atoms with Crippen LogP contribution in [0.25, 0.3) is 0 Å². The Labute approximate surface area is 157 Å². The van der Waals surface area contributed by atoms with Crippen LogP contribution in [0, 0.1) is 6.92 Å². The number of hydrogen-bond donors (Lipinski definition) is 1. The van der Waals surface area contributed by atoms with Crippen LogP contribution in [0.2, 0.25) is 0 Å². The molecular weight excluding hydrogens is 324 g/mol. The van der Waals surface area contributed by atoms with Crippen LogP contribution in [0.4, 0.5) is 0 Å². The van der Waals surface area contributed by atoms with Gasteiger partial charge in [0.2, 0.25) is 5.91 Å². The van der Waals surface area contributed by atoms with E-state index in [9.17, 15) is 4.79 Å². The number of likely N-dealkylation sites (N-methyl/N-ethyl adjacent to an activating group) is 1. The van der Waals surface area contributed by atoms with E-state index in [1.54, 1.807) is 0 Å². The van der Waals surface area contributed by atoms with Gasteiger partial charge in [-0.25, -0.2) is 0 Å². The minimum Gasteiger partial charge on any atom is -0.492 e. The fraction of sp³-hybridized carbons (Fsp3) is 0.409. The Bertz CT molecular complexity index is 664. The lowest BCUT2D eigenvalue weighted by Crippen LogP contribution is -2.22. The summed E-state index contributed by atoms with van der Waals surface area (Å²) in [6.45, 7) is 4.20. The zero-order valence-electron chi connectivity index (χ0n) is 16.1. The van der Waals surface area contributed by atoms with Crippen molar-refractivity contribution in [3.8, 4) is 5.75 Å². The molecule has 0 aromatic heterocycles. The van der Waals surface area contributed by atoms with Crippen molar-refractivity contribution in [2.45, 2.75) is 32.7 Å². The summed E-state index contributed by atoms with van der Waals surface area (Å²) in [6, 6.07) is 16.4. The minimum atomic E-state index is 0.100. The summed E-state index contributed by atoms with van der Waals surface area (Å²) in [4.78, 5) is 14.1. The number of nitrogens with one attached hydrogen (secondary N) is 1. The first-order valence-corrected chi connectivity index (χ1v) is 9.21. The third-order valence-electron chi connectivity index (χ3n) is 4.21. The molecule has 4 nitrogen and oxygen atoms in total. The molecule has 0 heterocycles. The highest BCUT2D eigenvalue weighted by Crippen LogP contribution is 2.12. The second-order valence-electron chi connectivity index (χ2n) is 6.91. The number of hydrogen-bond acceptors (Lipinski definition) is 3. The second-order valence-corrected chi connectivity index (χ2v) is 6.91. The summed E-state index contributed by atoms with van der Waals surface area (Å²) in [7, 11) is 4.05. The van der Waals surface area contributed by atoms with Crippen LogP contribution in [0.5, 0.6) is 5.75 Å². The predicted molar refractivity (Wildman–Crippen MR) is 106 cm³/mol. The molecule has 0 saturated heterocycles. The van der Waals surface area contributed by atoms with Crippen LogP contribution in [-0.2, 0) is 17.8 Å². The van der Waals surface area contributed by atoms with Gasteiger partial charge in [0.1, 0.15) is 12.4 Å². The van der Waals surface area contributed by atoms with Crippen LogP contribution in [-0.4, -0.2) is 38.1 Å². The summed E-state index contributed by atoms with van der Waals surface area (Å²) in [6.07, 6.45) is 2.36. The van der Waals surface area contributed by atoms with Crippen molar-refractivity contribution in [2.24, 2.45) is 0 Å². The third-order valence-corrected chi connectivity index (χ3v) is 4.21. The van der Waals surface area contributed by atoms with Crippen LogP contribution < -0.4 is 10.1 Å². The Balaban J connectivity index is 1.64. The number of rotatable bonds is 10.